The van der Waals surface area contributed by atoms with Gasteiger partial charge in [-0.05, 0) is 81.0 Å². The second-order valence-corrected chi connectivity index (χ2v) is 16.8. The van der Waals surface area contributed by atoms with Crippen LogP contribution < -0.4 is 0 Å². The summed E-state index contributed by atoms with van der Waals surface area (Å²) in [6.45, 7) is 0. The smallest absolute Gasteiger partial charge is 0.160 e. The molecule has 0 aliphatic heterocycles. The van der Waals surface area contributed by atoms with Crippen LogP contribution in [0.1, 0.15) is 0 Å². The number of aromatic nitrogens is 4. The topological polar surface area (TPSA) is 43.6 Å². The lowest BCUT2D eigenvalue weighted by molar-refractivity contribution is 1.18. The zero-order chi connectivity index (χ0) is 42.8. The fourth-order valence-corrected chi connectivity index (χ4v) is 9.76. The van der Waals surface area contributed by atoms with Crippen molar-refractivity contribution in [2.45, 2.75) is 0 Å². The minimum atomic E-state index is 0.678. The molecule has 0 radical (unpaired) electrons. The fourth-order valence-electron chi connectivity index (χ4n) is 9.76. The highest BCUT2D eigenvalue weighted by atomic mass is 15.0. The van der Waals surface area contributed by atoms with Gasteiger partial charge >= 0.3 is 0 Å². The van der Waals surface area contributed by atoms with E-state index < -0.39 is 0 Å². The van der Waals surface area contributed by atoms with Crippen LogP contribution in [0.3, 0.4) is 0 Å². The van der Waals surface area contributed by atoms with Crippen molar-refractivity contribution >= 4 is 65.0 Å². The van der Waals surface area contributed by atoms with Gasteiger partial charge in [0.25, 0.3) is 0 Å². The van der Waals surface area contributed by atoms with E-state index in [-0.39, 0.29) is 0 Å². The summed E-state index contributed by atoms with van der Waals surface area (Å²) in [7, 11) is 0. The fraction of sp³-hybridized carbons (Fsp3) is 0. The average molecular weight is 827 g/mol. The molecule has 13 aromatic rings. The minimum Gasteiger partial charge on any atom is -0.309 e. The van der Waals surface area contributed by atoms with Crippen LogP contribution >= 0.6 is 0 Å². The van der Waals surface area contributed by atoms with Crippen molar-refractivity contribution in [3.63, 3.8) is 0 Å². The maximum Gasteiger partial charge on any atom is 0.160 e. The van der Waals surface area contributed by atoms with Crippen molar-refractivity contribution in [2.75, 3.05) is 0 Å². The Hall–Kier alpha value is -8.73. The SMILES string of the molecule is c1ccc(-c2nc3c(-c4ccc(-c5nc(-c6ccc7ccccc7c6)cc(-c6ccc7ccccc7c6)n5)cc4)cccc3c3cc4c5ccccc5n(-c5ccccc5)c4cc23)cc1. The number of hydrogen-bond acceptors (Lipinski definition) is 3. The maximum absolute atomic E-state index is 5.59. The third kappa shape index (κ3) is 6.26. The van der Waals surface area contributed by atoms with Gasteiger partial charge in [0.2, 0.25) is 0 Å². The predicted molar refractivity (Wildman–Crippen MR) is 271 cm³/mol. The first kappa shape index (κ1) is 36.9. The third-order valence-corrected chi connectivity index (χ3v) is 12.9. The zero-order valence-corrected chi connectivity index (χ0v) is 35.2. The van der Waals surface area contributed by atoms with Crippen molar-refractivity contribution in [1.29, 1.82) is 0 Å². The molecule has 0 spiro atoms. The summed E-state index contributed by atoms with van der Waals surface area (Å²) in [4.78, 5) is 16.1. The van der Waals surface area contributed by atoms with Gasteiger partial charge in [0.1, 0.15) is 0 Å². The minimum absolute atomic E-state index is 0.678. The standard InChI is InChI=1S/C61H38N4/c1-3-16-42(17-4-1)59-54-37-58-53(50-22-11-12-25-57(50)65(58)48-20-5-2-6-21-48)36-52(54)51-24-13-23-49(60(51)64-59)41-28-30-43(31-29-41)61-62-55(46-32-26-39-14-7-9-18-44(39)34-46)38-56(63-61)47-33-27-40-15-8-10-19-45(40)35-47/h1-38H. The molecular weight excluding hydrogens is 789 g/mol. The molecule has 0 bridgehead atoms. The van der Waals surface area contributed by atoms with E-state index in [0.717, 1.165) is 78.0 Å². The molecule has 3 aromatic heterocycles. The van der Waals surface area contributed by atoms with Crippen molar-refractivity contribution < 1.29 is 0 Å². The van der Waals surface area contributed by atoms with Crippen molar-refractivity contribution in [1.82, 2.24) is 19.5 Å². The van der Waals surface area contributed by atoms with E-state index in [4.69, 9.17) is 15.0 Å². The van der Waals surface area contributed by atoms with E-state index in [9.17, 15) is 0 Å². The van der Waals surface area contributed by atoms with Crippen LogP contribution in [0.25, 0.3) is 127 Å². The van der Waals surface area contributed by atoms with Crippen LogP contribution in [0.5, 0.6) is 0 Å². The molecular formula is C61H38N4. The Morgan fingerprint density at radius 1 is 0.292 bits per heavy atom. The highest BCUT2D eigenvalue weighted by Crippen LogP contribution is 2.42. The van der Waals surface area contributed by atoms with Crippen molar-refractivity contribution in [3.8, 4) is 62.0 Å². The number of fused-ring (bicyclic) bond motifs is 8. The molecule has 4 nitrogen and oxygen atoms in total. The van der Waals surface area contributed by atoms with Gasteiger partial charge in [-0.3, -0.25) is 0 Å². The summed E-state index contributed by atoms with van der Waals surface area (Å²) in [6.07, 6.45) is 0. The van der Waals surface area contributed by atoms with Crippen LogP contribution in [-0.4, -0.2) is 19.5 Å². The number of hydrogen-bond donors (Lipinski definition) is 0. The van der Waals surface area contributed by atoms with Crippen LogP contribution in [0.2, 0.25) is 0 Å². The molecule has 0 aliphatic rings. The number of pyridine rings is 1. The first-order valence-corrected chi connectivity index (χ1v) is 22.1. The molecule has 0 N–H and O–H groups in total. The summed E-state index contributed by atoms with van der Waals surface area (Å²) >= 11 is 0. The molecule has 302 valence electrons. The van der Waals surface area contributed by atoms with Crippen LogP contribution in [-0.2, 0) is 0 Å². The molecule has 0 fully saturated rings. The molecule has 3 heterocycles. The van der Waals surface area contributed by atoms with Gasteiger partial charge < -0.3 is 4.57 Å². The Morgan fingerprint density at radius 3 is 1.55 bits per heavy atom. The molecule has 0 atom stereocenters. The molecule has 0 amide bonds. The lowest BCUT2D eigenvalue weighted by Crippen LogP contribution is -1.96. The Labute approximate surface area is 375 Å². The first-order valence-electron chi connectivity index (χ1n) is 22.1. The van der Waals surface area contributed by atoms with E-state index in [2.05, 4.69) is 235 Å². The number of benzene rings is 10. The number of para-hydroxylation sites is 3. The lowest BCUT2D eigenvalue weighted by Gasteiger charge is -2.15. The van der Waals surface area contributed by atoms with E-state index in [1.54, 1.807) is 0 Å². The van der Waals surface area contributed by atoms with Gasteiger partial charge in [-0.2, -0.15) is 0 Å². The van der Waals surface area contributed by atoms with Gasteiger partial charge in [-0.1, -0.05) is 182 Å². The Morgan fingerprint density at radius 2 is 0.862 bits per heavy atom. The summed E-state index contributed by atoms with van der Waals surface area (Å²) in [5.41, 5.74) is 13.4. The van der Waals surface area contributed by atoms with E-state index in [1.165, 1.54) is 43.2 Å². The highest BCUT2D eigenvalue weighted by Gasteiger charge is 2.20. The Bertz CT molecular complexity index is 3890. The Balaban J connectivity index is 0.979. The van der Waals surface area contributed by atoms with E-state index in [0.29, 0.717) is 5.82 Å². The van der Waals surface area contributed by atoms with E-state index in [1.807, 2.05) is 0 Å². The normalized spacial score (nSPS) is 11.7. The van der Waals surface area contributed by atoms with Gasteiger partial charge in [-0.15, -0.1) is 0 Å². The lowest BCUT2D eigenvalue weighted by atomic mass is 9.94. The summed E-state index contributed by atoms with van der Waals surface area (Å²) < 4.78 is 2.38. The molecule has 13 rings (SSSR count). The summed E-state index contributed by atoms with van der Waals surface area (Å²) in [5, 5.41) is 10.6. The van der Waals surface area contributed by atoms with Gasteiger partial charge in [0.05, 0.1) is 33.6 Å². The molecule has 0 unspecified atom stereocenters. The van der Waals surface area contributed by atoms with Crippen LogP contribution in [0.15, 0.2) is 231 Å². The predicted octanol–water partition coefficient (Wildman–Crippen LogP) is 15.9. The van der Waals surface area contributed by atoms with Gasteiger partial charge in [0.15, 0.2) is 5.82 Å². The van der Waals surface area contributed by atoms with Crippen molar-refractivity contribution in [2.24, 2.45) is 0 Å². The molecule has 0 saturated carbocycles. The zero-order valence-electron chi connectivity index (χ0n) is 35.2. The van der Waals surface area contributed by atoms with E-state index >= 15 is 0 Å². The molecule has 10 aromatic carbocycles. The van der Waals surface area contributed by atoms with Crippen molar-refractivity contribution in [3.05, 3.63) is 231 Å². The molecule has 65 heavy (non-hydrogen) atoms. The summed E-state index contributed by atoms with van der Waals surface area (Å²) in [6, 6.07) is 82.1. The molecule has 0 saturated heterocycles. The largest absolute Gasteiger partial charge is 0.309 e. The Kier molecular flexibility index (Phi) is 8.50. The second-order valence-electron chi connectivity index (χ2n) is 16.8. The molecule has 0 aliphatic carbocycles. The third-order valence-electron chi connectivity index (χ3n) is 12.9. The number of nitrogens with zero attached hydrogens (tertiary/aromatic N) is 4. The monoisotopic (exact) mass is 826 g/mol. The molecule has 4 heteroatoms. The van der Waals surface area contributed by atoms with Crippen LogP contribution in [0, 0.1) is 0 Å². The van der Waals surface area contributed by atoms with Gasteiger partial charge in [-0.25, -0.2) is 15.0 Å². The highest BCUT2D eigenvalue weighted by molar-refractivity contribution is 6.21. The van der Waals surface area contributed by atoms with Crippen LogP contribution in [0.4, 0.5) is 0 Å². The number of rotatable bonds is 6. The quantitative estimate of drug-likeness (QED) is 0.157. The first-order chi connectivity index (χ1) is 32.2. The summed E-state index contributed by atoms with van der Waals surface area (Å²) in [5.74, 6) is 0.678. The second kappa shape index (κ2) is 15.0. The average Bonchev–Trinajstić information content (AvgIpc) is 3.71. The maximum atomic E-state index is 5.59. The van der Waals surface area contributed by atoms with Gasteiger partial charge in [0, 0.05) is 55.0 Å².